The van der Waals surface area contributed by atoms with Gasteiger partial charge in [-0.05, 0) is 30.2 Å². The number of nitrogens with one attached hydrogen (secondary N) is 1. The van der Waals surface area contributed by atoms with Crippen molar-refractivity contribution in [3.05, 3.63) is 33.8 Å². The topological polar surface area (TPSA) is 21.3 Å². The standard InChI is InChI=1S/C13H20BrNO/c1-10(2)8-16-9-12-5-4-11(7-15-3)6-13(12)14/h4-6,10,15H,7-9H2,1-3H3. The number of hydrogen-bond acceptors (Lipinski definition) is 2. The van der Waals surface area contributed by atoms with E-state index in [9.17, 15) is 0 Å². The molecule has 0 aromatic heterocycles. The fourth-order valence-corrected chi connectivity index (χ4v) is 1.97. The van der Waals surface area contributed by atoms with Crippen molar-refractivity contribution in [1.29, 1.82) is 0 Å². The van der Waals surface area contributed by atoms with Crippen LogP contribution in [-0.4, -0.2) is 13.7 Å². The second-order valence-corrected chi connectivity index (χ2v) is 5.22. The van der Waals surface area contributed by atoms with Crippen LogP contribution in [0.15, 0.2) is 22.7 Å². The molecule has 3 heteroatoms. The van der Waals surface area contributed by atoms with Crippen LogP contribution in [0, 0.1) is 5.92 Å². The molecule has 0 unspecified atom stereocenters. The molecule has 90 valence electrons. The fraction of sp³-hybridized carbons (Fsp3) is 0.538. The van der Waals surface area contributed by atoms with E-state index in [2.05, 4.69) is 53.3 Å². The van der Waals surface area contributed by atoms with Gasteiger partial charge in [-0.1, -0.05) is 41.9 Å². The maximum absolute atomic E-state index is 5.62. The minimum Gasteiger partial charge on any atom is -0.376 e. The third-order valence-corrected chi connectivity index (χ3v) is 2.95. The summed E-state index contributed by atoms with van der Waals surface area (Å²) in [5.41, 5.74) is 2.49. The van der Waals surface area contributed by atoms with Crippen molar-refractivity contribution in [2.75, 3.05) is 13.7 Å². The summed E-state index contributed by atoms with van der Waals surface area (Å²) < 4.78 is 6.74. The highest BCUT2D eigenvalue weighted by Crippen LogP contribution is 2.19. The van der Waals surface area contributed by atoms with Gasteiger partial charge in [-0.15, -0.1) is 0 Å². The Balaban J connectivity index is 2.54. The van der Waals surface area contributed by atoms with Crippen LogP contribution in [0.5, 0.6) is 0 Å². The zero-order chi connectivity index (χ0) is 12.0. The number of ether oxygens (including phenoxy) is 1. The summed E-state index contributed by atoms with van der Waals surface area (Å²) in [7, 11) is 1.95. The molecule has 0 atom stereocenters. The Labute approximate surface area is 107 Å². The summed E-state index contributed by atoms with van der Waals surface area (Å²) >= 11 is 3.58. The van der Waals surface area contributed by atoms with Crippen LogP contribution in [0.2, 0.25) is 0 Å². The molecule has 0 radical (unpaired) electrons. The molecule has 1 N–H and O–H groups in total. The van der Waals surface area contributed by atoms with Crippen molar-refractivity contribution in [3.63, 3.8) is 0 Å². The molecule has 1 aromatic carbocycles. The molecule has 0 aliphatic rings. The Morgan fingerprint density at radius 2 is 2.12 bits per heavy atom. The Morgan fingerprint density at radius 3 is 2.69 bits per heavy atom. The average molecular weight is 286 g/mol. The highest BCUT2D eigenvalue weighted by molar-refractivity contribution is 9.10. The molecule has 1 aromatic rings. The molecular formula is C13H20BrNO. The summed E-state index contributed by atoms with van der Waals surface area (Å²) in [6, 6.07) is 6.40. The van der Waals surface area contributed by atoms with E-state index in [0.29, 0.717) is 12.5 Å². The first kappa shape index (κ1) is 13.7. The van der Waals surface area contributed by atoms with Gasteiger partial charge in [0.1, 0.15) is 0 Å². The summed E-state index contributed by atoms with van der Waals surface area (Å²) in [4.78, 5) is 0. The number of benzene rings is 1. The zero-order valence-electron chi connectivity index (χ0n) is 10.2. The number of hydrogen-bond donors (Lipinski definition) is 1. The van der Waals surface area contributed by atoms with Crippen LogP contribution in [0.4, 0.5) is 0 Å². The van der Waals surface area contributed by atoms with Gasteiger partial charge in [-0.3, -0.25) is 0 Å². The van der Waals surface area contributed by atoms with Crippen LogP contribution >= 0.6 is 15.9 Å². The van der Waals surface area contributed by atoms with Crippen molar-refractivity contribution in [3.8, 4) is 0 Å². The van der Waals surface area contributed by atoms with E-state index in [1.807, 2.05) is 7.05 Å². The van der Waals surface area contributed by atoms with E-state index in [-0.39, 0.29) is 0 Å². The lowest BCUT2D eigenvalue weighted by atomic mass is 10.1. The van der Waals surface area contributed by atoms with Crippen LogP contribution in [0.1, 0.15) is 25.0 Å². The molecule has 0 bridgehead atoms. The molecular weight excluding hydrogens is 266 g/mol. The van der Waals surface area contributed by atoms with Crippen molar-refractivity contribution in [1.82, 2.24) is 5.32 Å². The normalized spacial score (nSPS) is 11.1. The predicted octanol–water partition coefficient (Wildman–Crippen LogP) is 3.34. The van der Waals surface area contributed by atoms with Gasteiger partial charge >= 0.3 is 0 Å². The van der Waals surface area contributed by atoms with E-state index >= 15 is 0 Å². The third kappa shape index (κ3) is 4.64. The minimum absolute atomic E-state index is 0.586. The average Bonchev–Trinajstić information content (AvgIpc) is 2.21. The summed E-state index contributed by atoms with van der Waals surface area (Å²) in [6.07, 6.45) is 0. The quantitative estimate of drug-likeness (QED) is 0.866. The molecule has 0 fully saturated rings. The second-order valence-electron chi connectivity index (χ2n) is 4.37. The molecule has 0 spiro atoms. The van der Waals surface area contributed by atoms with Crippen LogP contribution in [0.3, 0.4) is 0 Å². The first-order valence-corrected chi connectivity index (χ1v) is 6.42. The molecule has 0 aliphatic heterocycles. The van der Waals surface area contributed by atoms with Gasteiger partial charge in [0.15, 0.2) is 0 Å². The molecule has 0 amide bonds. The highest BCUT2D eigenvalue weighted by atomic mass is 79.9. The van der Waals surface area contributed by atoms with Gasteiger partial charge in [0, 0.05) is 17.6 Å². The van der Waals surface area contributed by atoms with Gasteiger partial charge in [0.2, 0.25) is 0 Å². The first-order valence-electron chi connectivity index (χ1n) is 5.63. The molecule has 16 heavy (non-hydrogen) atoms. The summed E-state index contributed by atoms with van der Waals surface area (Å²) in [5, 5.41) is 3.14. The van der Waals surface area contributed by atoms with E-state index in [4.69, 9.17) is 4.74 Å². The molecule has 0 aliphatic carbocycles. The molecule has 0 heterocycles. The maximum Gasteiger partial charge on any atom is 0.0727 e. The van der Waals surface area contributed by atoms with Gasteiger partial charge in [0.05, 0.1) is 6.61 Å². The lowest BCUT2D eigenvalue weighted by molar-refractivity contribution is 0.0967. The summed E-state index contributed by atoms with van der Waals surface area (Å²) in [5.74, 6) is 0.586. The van der Waals surface area contributed by atoms with Crippen LogP contribution in [-0.2, 0) is 17.9 Å². The highest BCUT2D eigenvalue weighted by Gasteiger charge is 2.02. The van der Waals surface area contributed by atoms with Crippen LogP contribution in [0.25, 0.3) is 0 Å². The lowest BCUT2D eigenvalue weighted by Crippen LogP contribution is -2.06. The number of rotatable bonds is 6. The minimum atomic E-state index is 0.586. The summed E-state index contributed by atoms with van der Waals surface area (Å²) in [6.45, 7) is 6.70. The van der Waals surface area contributed by atoms with Crippen molar-refractivity contribution >= 4 is 15.9 Å². The maximum atomic E-state index is 5.62. The first-order chi connectivity index (χ1) is 7.63. The third-order valence-electron chi connectivity index (χ3n) is 2.21. The largest absolute Gasteiger partial charge is 0.376 e. The van der Waals surface area contributed by atoms with E-state index in [0.717, 1.165) is 17.6 Å². The van der Waals surface area contributed by atoms with Crippen molar-refractivity contribution in [2.45, 2.75) is 27.0 Å². The zero-order valence-corrected chi connectivity index (χ0v) is 11.8. The molecule has 1 rings (SSSR count). The Kier molecular flexibility index (Phi) is 6.03. The number of halogens is 1. The van der Waals surface area contributed by atoms with E-state index in [1.165, 1.54) is 11.1 Å². The Morgan fingerprint density at radius 1 is 1.38 bits per heavy atom. The lowest BCUT2D eigenvalue weighted by Gasteiger charge is -2.09. The van der Waals surface area contributed by atoms with E-state index in [1.54, 1.807) is 0 Å². The smallest absolute Gasteiger partial charge is 0.0727 e. The van der Waals surface area contributed by atoms with Gasteiger partial charge in [-0.2, -0.15) is 0 Å². The predicted molar refractivity (Wildman–Crippen MR) is 71.4 cm³/mol. The molecule has 0 saturated heterocycles. The van der Waals surface area contributed by atoms with Gasteiger partial charge in [-0.25, -0.2) is 0 Å². The molecule has 0 saturated carbocycles. The Hall–Kier alpha value is -0.380. The SMILES string of the molecule is CNCc1ccc(COCC(C)C)c(Br)c1. The Bertz CT molecular complexity index is 326. The molecule has 2 nitrogen and oxygen atoms in total. The fourth-order valence-electron chi connectivity index (χ4n) is 1.43. The van der Waals surface area contributed by atoms with Crippen LogP contribution < -0.4 is 5.32 Å². The van der Waals surface area contributed by atoms with Gasteiger partial charge in [0.25, 0.3) is 0 Å². The monoisotopic (exact) mass is 285 g/mol. The van der Waals surface area contributed by atoms with Crippen molar-refractivity contribution in [2.24, 2.45) is 5.92 Å². The second kappa shape index (κ2) is 7.05. The van der Waals surface area contributed by atoms with Gasteiger partial charge < -0.3 is 10.1 Å². The van der Waals surface area contributed by atoms with E-state index < -0.39 is 0 Å². The van der Waals surface area contributed by atoms with Crippen molar-refractivity contribution < 1.29 is 4.74 Å².